The van der Waals surface area contributed by atoms with E-state index in [1.807, 2.05) is 43.9 Å². The zero-order valence-corrected chi connectivity index (χ0v) is 18.8. The van der Waals surface area contributed by atoms with Crippen LogP contribution in [0.5, 0.6) is 5.75 Å². The quantitative estimate of drug-likeness (QED) is 0.689. The number of amides is 1. The summed E-state index contributed by atoms with van der Waals surface area (Å²) < 4.78 is 11.6. The van der Waals surface area contributed by atoms with Crippen molar-refractivity contribution >= 4 is 12.1 Å². The molecule has 1 aliphatic rings. The van der Waals surface area contributed by atoms with E-state index in [9.17, 15) is 9.59 Å². The first-order chi connectivity index (χ1) is 14.5. The van der Waals surface area contributed by atoms with Gasteiger partial charge in [-0.05, 0) is 74.1 Å². The van der Waals surface area contributed by atoms with Crippen molar-refractivity contribution in [2.45, 2.75) is 59.3 Å². The summed E-state index contributed by atoms with van der Waals surface area (Å²) in [7, 11) is 0. The Bertz CT molecular complexity index is 943. The van der Waals surface area contributed by atoms with Gasteiger partial charge in [-0.3, -0.25) is 0 Å². The molecule has 0 saturated carbocycles. The molecule has 3 rings (SSSR count). The fourth-order valence-electron chi connectivity index (χ4n) is 3.88. The number of nitrogens with zero attached hydrogens (tertiary/aromatic N) is 1. The number of aromatic carboxylic acids is 1. The second kappa shape index (κ2) is 9.00. The van der Waals surface area contributed by atoms with Gasteiger partial charge in [0.05, 0.1) is 11.6 Å². The molecule has 1 amide bonds. The first kappa shape index (κ1) is 22.7. The number of rotatable bonds is 5. The van der Waals surface area contributed by atoms with Crippen molar-refractivity contribution in [2.24, 2.45) is 5.92 Å². The molecule has 0 aliphatic carbocycles. The summed E-state index contributed by atoms with van der Waals surface area (Å²) >= 11 is 0. The average molecular weight is 426 g/mol. The SMILES string of the molecule is CC(C)C1c2ccc(OCc3ccc(C(=O)O)cc3)cc2CCN1C(=O)OC(C)(C)C. The average Bonchev–Trinajstić information content (AvgIpc) is 2.70. The normalized spacial score (nSPS) is 16.1. The van der Waals surface area contributed by atoms with Crippen LogP contribution in [0.2, 0.25) is 0 Å². The fraction of sp³-hybridized carbons (Fsp3) is 0.440. The molecule has 2 aromatic carbocycles. The Balaban J connectivity index is 1.74. The molecule has 2 aromatic rings. The molecule has 6 nitrogen and oxygen atoms in total. The summed E-state index contributed by atoms with van der Waals surface area (Å²) in [5.41, 5.74) is 2.94. The molecular weight excluding hydrogens is 394 g/mol. The second-order valence-electron chi connectivity index (χ2n) is 9.26. The first-order valence-corrected chi connectivity index (χ1v) is 10.6. The van der Waals surface area contributed by atoms with Gasteiger partial charge in [0, 0.05) is 6.54 Å². The summed E-state index contributed by atoms with van der Waals surface area (Å²) in [5.74, 6) is 0.0580. The Morgan fingerprint density at radius 1 is 1.13 bits per heavy atom. The molecule has 1 atom stereocenters. The monoisotopic (exact) mass is 425 g/mol. The molecule has 1 aliphatic heterocycles. The van der Waals surface area contributed by atoms with Crippen molar-refractivity contribution in [3.05, 3.63) is 64.7 Å². The van der Waals surface area contributed by atoms with E-state index in [4.69, 9.17) is 14.6 Å². The zero-order chi connectivity index (χ0) is 22.8. The molecule has 0 spiro atoms. The molecule has 31 heavy (non-hydrogen) atoms. The highest BCUT2D eigenvalue weighted by Gasteiger charge is 2.35. The van der Waals surface area contributed by atoms with E-state index >= 15 is 0 Å². The molecule has 0 bridgehead atoms. The topological polar surface area (TPSA) is 76.1 Å². The van der Waals surface area contributed by atoms with Crippen LogP contribution >= 0.6 is 0 Å². The smallest absolute Gasteiger partial charge is 0.410 e. The maximum atomic E-state index is 12.8. The maximum absolute atomic E-state index is 12.8. The molecule has 6 heteroatoms. The van der Waals surface area contributed by atoms with Gasteiger partial charge in [-0.2, -0.15) is 0 Å². The van der Waals surface area contributed by atoms with Crippen LogP contribution in [0.25, 0.3) is 0 Å². The Hall–Kier alpha value is -3.02. The Labute approximate surface area is 183 Å². The standard InChI is InChI=1S/C25H31NO5/c1-16(2)22-21-11-10-20(30-15-17-6-8-18(9-7-17)23(27)28)14-19(21)12-13-26(22)24(29)31-25(3,4)5/h6-11,14,16,22H,12-13,15H2,1-5H3,(H,27,28). The molecule has 0 radical (unpaired) electrons. The molecule has 1 N–H and O–H groups in total. The van der Waals surface area contributed by atoms with Gasteiger partial charge in [-0.15, -0.1) is 0 Å². The third-order valence-corrected chi connectivity index (χ3v) is 5.26. The van der Waals surface area contributed by atoms with E-state index in [0.717, 1.165) is 23.3 Å². The lowest BCUT2D eigenvalue weighted by Gasteiger charge is -2.40. The minimum Gasteiger partial charge on any atom is -0.489 e. The molecule has 1 unspecified atom stereocenters. The van der Waals surface area contributed by atoms with Crippen molar-refractivity contribution in [2.75, 3.05) is 6.54 Å². The zero-order valence-electron chi connectivity index (χ0n) is 18.8. The van der Waals surface area contributed by atoms with Gasteiger partial charge in [0.25, 0.3) is 0 Å². The van der Waals surface area contributed by atoms with Crippen LogP contribution in [0, 0.1) is 5.92 Å². The lowest BCUT2D eigenvalue weighted by atomic mass is 9.86. The second-order valence-corrected chi connectivity index (χ2v) is 9.26. The highest BCUT2D eigenvalue weighted by Crippen LogP contribution is 2.37. The summed E-state index contributed by atoms with van der Waals surface area (Å²) in [4.78, 5) is 25.6. The Kier molecular flexibility index (Phi) is 6.58. The summed E-state index contributed by atoms with van der Waals surface area (Å²) in [6.45, 7) is 10.8. The van der Waals surface area contributed by atoms with Crippen LogP contribution in [0.15, 0.2) is 42.5 Å². The third-order valence-electron chi connectivity index (χ3n) is 5.26. The minimum atomic E-state index is -0.942. The fourth-order valence-corrected chi connectivity index (χ4v) is 3.88. The van der Waals surface area contributed by atoms with Gasteiger partial charge in [0.2, 0.25) is 0 Å². The number of carbonyl (C=O) groups excluding carboxylic acids is 1. The number of fused-ring (bicyclic) bond motifs is 1. The Morgan fingerprint density at radius 2 is 1.81 bits per heavy atom. The molecule has 0 fully saturated rings. The molecular formula is C25H31NO5. The highest BCUT2D eigenvalue weighted by atomic mass is 16.6. The van der Waals surface area contributed by atoms with Crippen molar-refractivity contribution in [1.29, 1.82) is 0 Å². The molecule has 1 heterocycles. The third kappa shape index (κ3) is 5.57. The number of carbonyl (C=O) groups is 2. The lowest BCUT2D eigenvalue weighted by molar-refractivity contribution is 0.00875. The van der Waals surface area contributed by atoms with Crippen LogP contribution < -0.4 is 4.74 Å². The van der Waals surface area contributed by atoms with E-state index in [2.05, 4.69) is 13.8 Å². The molecule has 0 aromatic heterocycles. The van der Waals surface area contributed by atoms with E-state index in [0.29, 0.717) is 13.2 Å². The summed E-state index contributed by atoms with van der Waals surface area (Å²) in [6.07, 6.45) is 0.462. The largest absolute Gasteiger partial charge is 0.489 e. The van der Waals surface area contributed by atoms with Crippen molar-refractivity contribution in [3.63, 3.8) is 0 Å². The van der Waals surface area contributed by atoms with Crippen LogP contribution in [0.3, 0.4) is 0 Å². The lowest BCUT2D eigenvalue weighted by Crippen LogP contribution is -2.44. The van der Waals surface area contributed by atoms with Crippen LogP contribution in [0.4, 0.5) is 4.79 Å². The predicted molar refractivity (Wildman–Crippen MR) is 118 cm³/mol. The van der Waals surface area contributed by atoms with E-state index in [1.165, 1.54) is 5.56 Å². The van der Waals surface area contributed by atoms with Crippen LogP contribution in [0.1, 0.15) is 67.7 Å². The number of carboxylic acids is 1. The number of ether oxygens (including phenoxy) is 2. The number of hydrogen-bond acceptors (Lipinski definition) is 4. The Morgan fingerprint density at radius 3 is 2.39 bits per heavy atom. The first-order valence-electron chi connectivity index (χ1n) is 10.6. The summed E-state index contributed by atoms with van der Waals surface area (Å²) in [5, 5.41) is 9.00. The molecule has 166 valence electrons. The number of benzene rings is 2. The van der Waals surface area contributed by atoms with Gasteiger partial charge >= 0.3 is 12.1 Å². The van der Waals surface area contributed by atoms with Gasteiger partial charge in [0.1, 0.15) is 18.0 Å². The van der Waals surface area contributed by atoms with Gasteiger partial charge in [-0.1, -0.05) is 32.0 Å². The van der Waals surface area contributed by atoms with Crippen molar-refractivity contribution < 1.29 is 24.2 Å². The van der Waals surface area contributed by atoms with Crippen molar-refractivity contribution in [3.8, 4) is 5.75 Å². The van der Waals surface area contributed by atoms with Gasteiger partial charge in [0.15, 0.2) is 0 Å². The predicted octanol–water partition coefficient (Wildman–Crippen LogP) is 5.45. The summed E-state index contributed by atoms with van der Waals surface area (Å²) in [6, 6.07) is 12.6. The van der Waals surface area contributed by atoms with Crippen molar-refractivity contribution in [1.82, 2.24) is 4.90 Å². The van der Waals surface area contributed by atoms with Gasteiger partial charge < -0.3 is 19.5 Å². The van der Waals surface area contributed by atoms with E-state index in [-0.39, 0.29) is 23.6 Å². The van der Waals surface area contributed by atoms with E-state index in [1.54, 1.807) is 24.3 Å². The number of hydrogen-bond donors (Lipinski definition) is 1. The molecule has 0 saturated heterocycles. The van der Waals surface area contributed by atoms with Crippen LogP contribution in [-0.4, -0.2) is 34.2 Å². The maximum Gasteiger partial charge on any atom is 0.410 e. The van der Waals surface area contributed by atoms with Gasteiger partial charge in [-0.25, -0.2) is 9.59 Å². The minimum absolute atomic E-state index is 0.0452. The number of carboxylic acid groups (broad SMARTS) is 1. The highest BCUT2D eigenvalue weighted by molar-refractivity contribution is 5.87. The van der Waals surface area contributed by atoms with E-state index < -0.39 is 11.6 Å². The van der Waals surface area contributed by atoms with Crippen LogP contribution in [-0.2, 0) is 17.8 Å².